The Kier molecular flexibility index (Phi) is 5.17. The monoisotopic (exact) mass is 339 g/mol. The van der Waals surface area contributed by atoms with Gasteiger partial charge < -0.3 is 10.1 Å². The van der Waals surface area contributed by atoms with Crippen LogP contribution in [0.25, 0.3) is 0 Å². The summed E-state index contributed by atoms with van der Waals surface area (Å²) in [7, 11) is 1.28. The smallest absolute Gasteiger partial charge is 0.339 e. The Balaban J connectivity index is 2.34. The molecule has 6 heteroatoms. The number of anilines is 1. The second-order valence-corrected chi connectivity index (χ2v) is 5.35. The Bertz CT molecular complexity index is 690. The van der Waals surface area contributed by atoms with Gasteiger partial charge in [0, 0.05) is 10.6 Å². The maximum Gasteiger partial charge on any atom is 0.339 e. The third-order valence-electron chi connectivity index (χ3n) is 2.73. The number of nitrogens with one attached hydrogen (secondary N) is 1. The minimum absolute atomic E-state index is 0.185. The van der Waals surface area contributed by atoms with Gasteiger partial charge in [0.15, 0.2) is 0 Å². The van der Waals surface area contributed by atoms with Crippen LogP contribution in [-0.4, -0.2) is 18.1 Å². The number of halogens is 2. The third-order valence-corrected chi connectivity index (χ3v) is 3.69. The van der Waals surface area contributed by atoms with Crippen molar-refractivity contribution in [1.29, 1.82) is 0 Å². The van der Waals surface area contributed by atoms with E-state index in [4.69, 9.17) is 35.4 Å². The molecule has 3 nitrogen and oxygen atoms in total. The predicted molar refractivity (Wildman–Crippen MR) is 89.6 cm³/mol. The topological polar surface area (TPSA) is 38.3 Å². The van der Waals surface area contributed by atoms with Gasteiger partial charge in [-0.3, -0.25) is 0 Å². The molecule has 0 saturated carbocycles. The molecular formula is C15H11Cl2NO2S. The molecule has 0 aliphatic carbocycles. The van der Waals surface area contributed by atoms with Crippen molar-refractivity contribution < 1.29 is 9.53 Å². The molecule has 0 spiro atoms. The standard InChI is InChI=1S/C15H11Cl2NO2S/c1-20-15(19)11-7-10(16)8-12(13(11)17)18-14(21)9-5-3-2-4-6-9/h2-8H,1H3,(H,18,21). The Labute approximate surface area is 137 Å². The number of methoxy groups -OCH3 is 1. The van der Waals surface area contributed by atoms with Gasteiger partial charge >= 0.3 is 5.97 Å². The van der Waals surface area contributed by atoms with Gasteiger partial charge in [-0.05, 0) is 12.1 Å². The van der Waals surface area contributed by atoms with Crippen molar-refractivity contribution in [3.8, 4) is 0 Å². The van der Waals surface area contributed by atoms with Crippen molar-refractivity contribution in [1.82, 2.24) is 0 Å². The fraction of sp³-hybridized carbons (Fsp3) is 0.0667. The molecular weight excluding hydrogens is 329 g/mol. The van der Waals surface area contributed by atoms with Crippen LogP contribution in [0.5, 0.6) is 0 Å². The molecule has 0 aliphatic rings. The highest BCUT2D eigenvalue weighted by atomic mass is 35.5. The predicted octanol–water partition coefficient (Wildman–Crippen LogP) is 4.57. The third kappa shape index (κ3) is 3.73. The van der Waals surface area contributed by atoms with E-state index >= 15 is 0 Å². The highest BCUT2D eigenvalue weighted by molar-refractivity contribution is 7.81. The van der Waals surface area contributed by atoms with Gasteiger partial charge in [0.05, 0.1) is 23.4 Å². The van der Waals surface area contributed by atoms with E-state index in [1.807, 2.05) is 30.3 Å². The van der Waals surface area contributed by atoms with Crippen LogP contribution in [-0.2, 0) is 4.74 Å². The van der Waals surface area contributed by atoms with E-state index in [9.17, 15) is 4.79 Å². The van der Waals surface area contributed by atoms with Crippen molar-refractivity contribution in [2.45, 2.75) is 0 Å². The number of benzene rings is 2. The number of hydrogen-bond acceptors (Lipinski definition) is 3. The van der Waals surface area contributed by atoms with Crippen molar-refractivity contribution in [3.63, 3.8) is 0 Å². The lowest BCUT2D eigenvalue weighted by atomic mass is 10.1. The minimum Gasteiger partial charge on any atom is -0.465 e. The summed E-state index contributed by atoms with van der Waals surface area (Å²) >= 11 is 17.5. The lowest BCUT2D eigenvalue weighted by Crippen LogP contribution is -2.12. The molecule has 0 radical (unpaired) electrons. The summed E-state index contributed by atoms with van der Waals surface area (Å²) in [5, 5.41) is 3.57. The Morgan fingerprint density at radius 1 is 1.19 bits per heavy atom. The number of rotatable bonds is 3. The van der Waals surface area contributed by atoms with Crippen molar-refractivity contribution in [2.24, 2.45) is 0 Å². The van der Waals surface area contributed by atoms with E-state index in [0.29, 0.717) is 15.7 Å². The zero-order valence-electron chi connectivity index (χ0n) is 11.0. The molecule has 2 aromatic rings. The maximum absolute atomic E-state index is 11.7. The van der Waals surface area contributed by atoms with Crippen LogP contribution < -0.4 is 5.32 Å². The summed E-state index contributed by atoms with van der Waals surface area (Å²) in [6.45, 7) is 0. The van der Waals surface area contributed by atoms with Gasteiger partial charge in [-0.15, -0.1) is 0 Å². The van der Waals surface area contributed by atoms with Crippen molar-refractivity contribution in [3.05, 3.63) is 63.6 Å². The van der Waals surface area contributed by atoms with Crippen LogP contribution in [0.15, 0.2) is 42.5 Å². The van der Waals surface area contributed by atoms with E-state index in [-0.39, 0.29) is 10.6 Å². The highest BCUT2D eigenvalue weighted by Crippen LogP contribution is 2.31. The van der Waals surface area contributed by atoms with Crippen LogP contribution in [0.2, 0.25) is 10.0 Å². The number of ether oxygens (including phenoxy) is 1. The van der Waals surface area contributed by atoms with Gasteiger partial charge in [-0.25, -0.2) is 4.79 Å². The molecule has 0 unspecified atom stereocenters. The first-order valence-corrected chi connectivity index (χ1v) is 7.13. The summed E-state index contributed by atoms with van der Waals surface area (Å²) in [4.78, 5) is 12.2. The fourth-order valence-corrected chi connectivity index (χ4v) is 2.42. The van der Waals surface area contributed by atoms with Crippen LogP contribution in [0, 0.1) is 0 Å². The molecule has 1 N–H and O–H groups in total. The van der Waals surface area contributed by atoms with E-state index in [0.717, 1.165) is 5.56 Å². The molecule has 108 valence electrons. The first-order valence-electron chi connectivity index (χ1n) is 5.96. The Morgan fingerprint density at radius 2 is 1.86 bits per heavy atom. The Morgan fingerprint density at radius 3 is 2.48 bits per heavy atom. The van der Waals surface area contributed by atoms with Gasteiger partial charge in [0.25, 0.3) is 0 Å². The average molecular weight is 340 g/mol. The van der Waals surface area contributed by atoms with E-state index < -0.39 is 5.97 Å². The number of carbonyl (C=O) groups excluding carboxylic acids is 1. The molecule has 21 heavy (non-hydrogen) atoms. The normalized spacial score (nSPS) is 10.0. The minimum atomic E-state index is -0.559. The molecule has 2 rings (SSSR count). The fourth-order valence-electron chi connectivity index (χ4n) is 1.72. The number of esters is 1. The number of thiocarbonyl (C=S) groups is 1. The summed E-state index contributed by atoms with van der Waals surface area (Å²) in [6, 6.07) is 12.4. The quantitative estimate of drug-likeness (QED) is 0.656. The molecule has 0 aliphatic heterocycles. The second-order valence-electron chi connectivity index (χ2n) is 4.13. The van der Waals surface area contributed by atoms with Gasteiger partial charge in [-0.2, -0.15) is 0 Å². The van der Waals surface area contributed by atoms with Gasteiger partial charge in [0.1, 0.15) is 4.99 Å². The summed E-state index contributed by atoms with van der Waals surface area (Å²) < 4.78 is 4.67. The van der Waals surface area contributed by atoms with Gasteiger partial charge in [0.2, 0.25) is 0 Å². The van der Waals surface area contributed by atoms with E-state index in [1.165, 1.54) is 13.2 Å². The average Bonchev–Trinajstić information content (AvgIpc) is 2.50. The summed E-state index contributed by atoms with van der Waals surface area (Å²) in [6.07, 6.45) is 0. The van der Waals surface area contributed by atoms with Gasteiger partial charge in [-0.1, -0.05) is 65.8 Å². The molecule has 0 bridgehead atoms. The SMILES string of the molecule is COC(=O)c1cc(Cl)cc(NC(=S)c2ccccc2)c1Cl. The molecule has 0 fully saturated rings. The second kappa shape index (κ2) is 6.89. The largest absolute Gasteiger partial charge is 0.465 e. The maximum atomic E-state index is 11.7. The van der Waals surface area contributed by atoms with E-state index in [2.05, 4.69) is 10.1 Å². The Hall–Kier alpha value is -1.62. The molecule has 0 saturated heterocycles. The highest BCUT2D eigenvalue weighted by Gasteiger charge is 2.16. The first-order chi connectivity index (χ1) is 10.0. The lowest BCUT2D eigenvalue weighted by Gasteiger charge is -2.12. The molecule has 0 heterocycles. The van der Waals surface area contributed by atoms with Crippen molar-refractivity contribution in [2.75, 3.05) is 12.4 Å². The zero-order chi connectivity index (χ0) is 15.4. The number of hydrogen-bond donors (Lipinski definition) is 1. The zero-order valence-corrected chi connectivity index (χ0v) is 13.4. The van der Waals surface area contributed by atoms with E-state index in [1.54, 1.807) is 6.07 Å². The molecule has 0 atom stereocenters. The molecule has 0 amide bonds. The van der Waals surface area contributed by atoms with Crippen LogP contribution >= 0.6 is 35.4 Å². The first kappa shape index (κ1) is 15.8. The molecule has 0 aromatic heterocycles. The van der Waals surface area contributed by atoms with Crippen LogP contribution in [0.4, 0.5) is 5.69 Å². The lowest BCUT2D eigenvalue weighted by molar-refractivity contribution is 0.0601. The molecule has 2 aromatic carbocycles. The summed E-state index contributed by atoms with van der Waals surface area (Å²) in [5.41, 5.74) is 1.48. The van der Waals surface area contributed by atoms with Crippen LogP contribution in [0.3, 0.4) is 0 Å². The number of carbonyl (C=O) groups is 1. The summed E-state index contributed by atoms with van der Waals surface area (Å²) in [5.74, 6) is -0.559. The van der Waals surface area contributed by atoms with Crippen LogP contribution in [0.1, 0.15) is 15.9 Å². The van der Waals surface area contributed by atoms with Crippen molar-refractivity contribution >= 4 is 52.1 Å².